The van der Waals surface area contributed by atoms with Crippen LogP contribution in [0.2, 0.25) is 0 Å². The van der Waals surface area contributed by atoms with Gasteiger partial charge in [-0.15, -0.1) is 21.6 Å². The topological polar surface area (TPSA) is 190 Å². The number of amides is 2. The van der Waals surface area contributed by atoms with Crippen LogP contribution >= 0.6 is 11.3 Å². The predicted octanol–water partition coefficient (Wildman–Crippen LogP) is 2.22. The van der Waals surface area contributed by atoms with Crippen molar-refractivity contribution in [2.75, 3.05) is 16.8 Å². The summed E-state index contributed by atoms with van der Waals surface area (Å²) in [5, 5.41) is 17.1. The average molecular weight is 399 g/mol. The number of nitrogens with zero attached hydrogens (tertiary/aromatic N) is 3. The minimum atomic E-state index is -0.602. The zero-order chi connectivity index (χ0) is 20.3. The number of hydrogen-bond donors (Lipinski definition) is 6. The number of hydrazine groups is 1. The van der Waals surface area contributed by atoms with Crippen molar-refractivity contribution in [3.8, 4) is 0 Å². The van der Waals surface area contributed by atoms with Crippen LogP contribution in [0, 0.1) is 6.92 Å². The molecule has 0 saturated heterocycles. The summed E-state index contributed by atoms with van der Waals surface area (Å²) < 4.78 is 0. The van der Waals surface area contributed by atoms with Crippen molar-refractivity contribution in [2.45, 2.75) is 6.92 Å². The Morgan fingerprint density at radius 2 is 1.86 bits per heavy atom. The lowest BCUT2D eigenvalue weighted by molar-refractivity contribution is 0.0954. The number of H-pyrrole nitrogens is 1. The molecule has 0 saturated carbocycles. The number of anilines is 3. The Labute approximate surface area is 163 Å². The molecule has 0 bridgehead atoms. The summed E-state index contributed by atoms with van der Waals surface area (Å²) >= 11 is 0.990. The number of para-hydroxylation sites is 1. The van der Waals surface area contributed by atoms with Crippen LogP contribution < -0.4 is 28.1 Å². The summed E-state index contributed by atoms with van der Waals surface area (Å²) in [6, 6.07) is 8.92. The Kier molecular flexibility index (Phi) is 5.33. The monoisotopic (exact) mass is 399 g/mol. The van der Waals surface area contributed by atoms with Gasteiger partial charge in [-0.3, -0.25) is 20.1 Å². The van der Waals surface area contributed by atoms with Crippen LogP contribution in [0.15, 0.2) is 40.6 Å². The van der Waals surface area contributed by atoms with E-state index in [-0.39, 0.29) is 33.8 Å². The molecular formula is C16H17N9O2S. The highest BCUT2D eigenvalue weighted by Gasteiger charge is 2.25. The summed E-state index contributed by atoms with van der Waals surface area (Å²) in [6.07, 6.45) is 0. The second kappa shape index (κ2) is 7.85. The first-order valence-electron chi connectivity index (χ1n) is 7.94. The fraction of sp³-hybridized carbons (Fsp3) is 0.0625. The Morgan fingerprint density at radius 3 is 2.46 bits per heavy atom. The Bertz CT molecular complexity index is 1040. The zero-order valence-corrected chi connectivity index (χ0v) is 15.5. The number of benzene rings is 1. The first kappa shape index (κ1) is 19.0. The Morgan fingerprint density at radius 1 is 1.14 bits per heavy atom. The quantitative estimate of drug-likeness (QED) is 0.165. The molecule has 0 aliphatic carbocycles. The maximum Gasteiger partial charge on any atom is 0.268 e. The highest BCUT2D eigenvalue weighted by atomic mass is 32.1. The van der Waals surface area contributed by atoms with Gasteiger partial charge in [0.2, 0.25) is 0 Å². The molecule has 2 aromatic heterocycles. The smallest absolute Gasteiger partial charge is 0.268 e. The summed E-state index contributed by atoms with van der Waals surface area (Å²) in [4.78, 5) is 25.2. The van der Waals surface area contributed by atoms with Crippen LogP contribution in [-0.4, -0.2) is 22.0 Å². The van der Waals surface area contributed by atoms with Gasteiger partial charge in [-0.05, 0) is 24.6 Å². The molecule has 11 nitrogen and oxygen atoms in total. The highest BCUT2D eigenvalue weighted by Crippen LogP contribution is 2.38. The highest BCUT2D eigenvalue weighted by molar-refractivity contribution is 7.18. The molecule has 1 aromatic carbocycles. The largest absolute Gasteiger partial charge is 0.382 e. The van der Waals surface area contributed by atoms with Crippen LogP contribution in [0.1, 0.15) is 25.6 Å². The molecule has 0 spiro atoms. The fourth-order valence-electron chi connectivity index (χ4n) is 2.40. The van der Waals surface area contributed by atoms with E-state index in [1.54, 1.807) is 31.2 Å². The lowest BCUT2D eigenvalue weighted by atomic mass is 10.1. The van der Waals surface area contributed by atoms with Crippen molar-refractivity contribution in [3.63, 3.8) is 0 Å². The van der Waals surface area contributed by atoms with Crippen molar-refractivity contribution in [3.05, 3.63) is 46.3 Å². The fourth-order valence-corrected chi connectivity index (χ4v) is 3.42. The molecule has 0 aliphatic heterocycles. The maximum absolute atomic E-state index is 12.7. The number of rotatable bonds is 5. The first-order valence-corrected chi connectivity index (χ1v) is 8.75. The molecular weight excluding hydrogens is 382 g/mol. The number of nitrogen functional groups attached to an aromatic ring is 3. The van der Waals surface area contributed by atoms with Gasteiger partial charge in [0.1, 0.15) is 5.82 Å². The number of carbonyl (C=O) groups excluding carboxylic acids is 2. The molecule has 3 aromatic rings. The van der Waals surface area contributed by atoms with Crippen molar-refractivity contribution < 1.29 is 9.59 Å². The van der Waals surface area contributed by atoms with E-state index in [2.05, 4.69) is 25.7 Å². The third kappa shape index (κ3) is 3.67. The van der Waals surface area contributed by atoms with Gasteiger partial charge in [-0.25, -0.2) is 5.84 Å². The van der Waals surface area contributed by atoms with Crippen molar-refractivity contribution in [2.24, 2.45) is 16.1 Å². The number of aromatic amines is 1. The molecule has 0 unspecified atom stereocenters. The minimum Gasteiger partial charge on any atom is -0.382 e. The minimum absolute atomic E-state index is 0.0569. The average Bonchev–Trinajstić information content (AvgIpc) is 3.19. The van der Waals surface area contributed by atoms with Gasteiger partial charge in [0.05, 0.1) is 10.4 Å². The van der Waals surface area contributed by atoms with Crippen LogP contribution in [0.3, 0.4) is 0 Å². The number of azo groups is 1. The molecule has 2 heterocycles. The van der Waals surface area contributed by atoms with Gasteiger partial charge in [0.25, 0.3) is 11.8 Å². The standard InChI is InChI=1S/C16H17N9O2S/c1-7-9(14(26)21-19)16(25-22-10-12(17)23-24-13(10)18)28-11(7)15(27)20-8-5-3-2-4-6-8/h2-6H,19H2,1H3,(H,20,27)(H,21,26)(H5,17,18,23,24). The summed E-state index contributed by atoms with van der Waals surface area (Å²) in [7, 11) is 0. The number of aromatic nitrogens is 2. The van der Waals surface area contributed by atoms with Gasteiger partial charge < -0.3 is 16.8 Å². The van der Waals surface area contributed by atoms with Crippen LogP contribution in [0.25, 0.3) is 0 Å². The number of thiophene rings is 1. The van der Waals surface area contributed by atoms with E-state index in [9.17, 15) is 9.59 Å². The SMILES string of the molecule is Cc1c(C(=O)Nc2ccccc2)sc(N=Nc2c(N)n[nH]c2N)c1C(=O)NN. The lowest BCUT2D eigenvalue weighted by Crippen LogP contribution is -2.30. The summed E-state index contributed by atoms with van der Waals surface area (Å²) in [6.45, 7) is 1.63. The van der Waals surface area contributed by atoms with E-state index in [4.69, 9.17) is 17.3 Å². The molecule has 12 heteroatoms. The van der Waals surface area contributed by atoms with Crippen molar-refractivity contribution in [1.82, 2.24) is 15.6 Å². The van der Waals surface area contributed by atoms with E-state index in [1.807, 2.05) is 11.5 Å². The van der Waals surface area contributed by atoms with E-state index in [0.717, 1.165) is 11.3 Å². The van der Waals surface area contributed by atoms with Crippen LogP contribution in [0.5, 0.6) is 0 Å². The number of carbonyl (C=O) groups is 2. The molecule has 2 amide bonds. The van der Waals surface area contributed by atoms with Crippen LogP contribution in [0.4, 0.5) is 28.0 Å². The van der Waals surface area contributed by atoms with Gasteiger partial charge in [0, 0.05) is 5.69 Å². The van der Waals surface area contributed by atoms with E-state index in [0.29, 0.717) is 16.1 Å². The predicted molar refractivity (Wildman–Crippen MR) is 107 cm³/mol. The Balaban J connectivity index is 1.99. The lowest BCUT2D eigenvalue weighted by Gasteiger charge is -2.04. The molecule has 3 rings (SSSR count). The van der Waals surface area contributed by atoms with Gasteiger partial charge in [0.15, 0.2) is 16.5 Å². The number of nitrogens with one attached hydrogen (secondary N) is 3. The van der Waals surface area contributed by atoms with Gasteiger partial charge in [-0.1, -0.05) is 18.2 Å². The molecule has 28 heavy (non-hydrogen) atoms. The first-order chi connectivity index (χ1) is 13.4. The summed E-state index contributed by atoms with van der Waals surface area (Å²) in [5.74, 6) is 4.46. The molecule has 144 valence electrons. The van der Waals surface area contributed by atoms with Gasteiger partial charge in [-0.2, -0.15) is 5.10 Å². The van der Waals surface area contributed by atoms with Gasteiger partial charge >= 0.3 is 0 Å². The normalized spacial score (nSPS) is 10.9. The molecule has 0 radical (unpaired) electrons. The zero-order valence-electron chi connectivity index (χ0n) is 14.7. The molecule has 0 aliphatic rings. The number of hydrogen-bond acceptors (Lipinski definition) is 9. The van der Waals surface area contributed by atoms with Crippen molar-refractivity contribution >= 4 is 51.2 Å². The molecule has 0 atom stereocenters. The summed E-state index contributed by atoms with van der Waals surface area (Å²) in [5.41, 5.74) is 14.7. The Hall–Kier alpha value is -3.77. The molecule has 9 N–H and O–H groups in total. The third-order valence-electron chi connectivity index (χ3n) is 3.76. The van der Waals surface area contributed by atoms with Crippen molar-refractivity contribution in [1.29, 1.82) is 0 Å². The van der Waals surface area contributed by atoms with E-state index < -0.39 is 5.91 Å². The van der Waals surface area contributed by atoms with E-state index in [1.165, 1.54) is 0 Å². The second-order valence-electron chi connectivity index (χ2n) is 5.60. The second-order valence-corrected chi connectivity index (χ2v) is 6.60. The van der Waals surface area contributed by atoms with E-state index >= 15 is 0 Å². The molecule has 0 fully saturated rings. The van der Waals surface area contributed by atoms with Crippen LogP contribution in [-0.2, 0) is 0 Å². The third-order valence-corrected chi connectivity index (χ3v) is 4.93. The number of nitrogens with two attached hydrogens (primary N) is 3. The maximum atomic E-state index is 12.7.